The Hall–Kier alpha value is -3.33. The molecule has 1 amide bonds. The number of aromatic nitrogens is 2. The number of ether oxygens (including phenoxy) is 3. The molecule has 140 valence electrons. The van der Waals surface area contributed by atoms with Gasteiger partial charge in [-0.05, 0) is 36.5 Å². The second-order valence-corrected chi connectivity index (χ2v) is 5.90. The molecule has 0 fully saturated rings. The minimum absolute atomic E-state index is 0.354. The molecule has 0 aliphatic carbocycles. The van der Waals surface area contributed by atoms with Crippen LogP contribution >= 0.6 is 12.2 Å². The van der Waals surface area contributed by atoms with E-state index in [0.29, 0.717) is 33.1 Å². The van der Waals surface area contributed by atoms with Crippen molar-refractivity contribution in [3.63, 3.8) is 0 Å². The molecule has 3 N–H and O–H groups in total. The van der Waals surface area contributed by atoms with Gasteiger partial charge in [0.25, 0.3) is 5.91 Å². The Morgan fingerprint density at radius 1 is 1.00 bits per heavy atom. The summed E-state index contributed by atoms with van der Waals surface area (Å²) in [6.45, 7) is 0. The SMILES string of the molecule is COc1cc(OC)c(OC)cc1/C=N\NC(=O)c1ccc2[nH]c(=S)[nH]c2c1. The number of benzene rings is 2. The first-order chi connectivity index (χ1) is 13.0. The number of methoxy groups -OCH3 is 3. The average molecular weight is 386 g/mol. The number of H-pyrrole nitrogens is 2. The van der Waals surface area contributed by atoms with Crippen LogP contribution in [-0.2, 0) is 0 Å². The summed E-state index contributed by atoms with van der Waals surface area (Å²) < 4.78 is 16.3. The Morgan fingerprint density at radius 3 is 2.37 bits per heavy atom. The maximum absolute atomic E-state index is 12.3. The number of hydrazone groups is 1. The van der Waals surface area contributed by atoms with E-state index >= 15 is 0 Å². The summed E-state index contributed by atoms with van der Waals surface area (Å²) in [5.41, 5.74) is 5.14. The molecule has 0 unspecified atom stereocenters. The van der Waals surface area contributed by atoms with Crippen molar-refractivity contribution in [3.8, 4) is 17.2 Å². The number of hydrogen-bond acceptors (Lipinski definition) is 6. The van der Waals surface area contributed by atoms with E-state index in [1.54, 1.807) is 37.4 Å². The van der Waals surface area contributed by atoms with E-state index in [1.807, 2.05) is 0 Å². The van der Waals surface area contributed by atoms with Crippen LogP contribution in [0.1, 0.15) is 15.9 Å². The Labute approximate surface area is 160 Å². The molecule has 0 spiro atoms. The van der Waals surface area contributed by atoms with Crippen LogP contribution in [0.25, 0.3) is 11.0 Å². The van der Waals surface area contributed by atoms with Gasteiger partial charge in [-0.3, -0.25) is 4.79 Å². The van der Waals surface area contributed by atoms with Gasteiger partial charge in [0.1, 0.15) is 5.75 Å². The maximum atomic E-state index is 12.3. The Kier molecular flexibility index (Phi) is 5.41. The molecule has 9 heteroatoms. The predicted molar refractivity (Wildman–Crippen MR) is 105 cm³/mol. The summed E-state index contributed by atoms with van der Waals surface area (Å²) in [6, 6.07) is 8.55. The largest absolute Gasteiger partial charge is 0.496 e. The summed E-state index contributed by atoms with van der Waals surface area (Å²) in [7, 11) is 4.61. The number of imidazole rings is 1. The van der Waals surface area contributed by atoms with Gasteiger partial charge in [-0.15, -0.1) is 0 Å². The number of amides is 1. The molecule has 3 rings (SSSR count). The van der Waals surface area contributed by atoms with Gasteiger partial charge in [-0.25, -0.2) is 5.43 Å². The van der Waals surface area contributed by atoms with Crippen LogP contribution in [0.5, 0.6) is 17.2 Å². The Balaban J connectivity index is 1.79. The lowest BCUT2D eigenvalue weighted by Gasteiger charge is -2.11. The molecule has 0 aliphatic heterocycles. The van der Waals surface area contributed by atoms with Gasteiger partial charge in [0.2, 0.25) is 0 Å². The molecular weight excluding hydrogens is 368 g/mol. The van der Waals surface area contributed by atoms with E-state index in [9.17, 15) is 4.79 Å². The normalized spacial score (nSPS) is 10.9. The van der Waals surface area contributed by atoms with E-state index in [-0.39, 0.29) is 5.91 Å². The topological polar surface area (TPSA) is 101 Å². The number of aromatic amines is 2. The van der Waals surface area contributed by atoms with Gasteiger partial charge in [0.15, 0.2) is 16.3 Å². The molecule has 0 atom stereocenters. The third-order valence-corrected chi connectivity index (χ3v) is 4.09. The van der Waals surface area contributed by atoms with Crippen LogP contribution in [0.2, 0.25) is 0 Å². The highest BCUT2D eigenvalue weighted by atomic mass is 32.1. The summed E-state index contributed by atoms with van der Waals surface area (Å²) in [4.78, 5) is 18.3. The summed E-state index contributed by atoms with van der Waals surface area (Å²) in [6.07, 6.45) is 1.47. The molecule has 3 aromatic rings. The van der Waals surface area contributed by atoms with Crippen molar-refractivity contribution in [2.45, 2.75) is 0 Å². The van der Waals surface area contributed by atoms with E-state index in [0.717, 1.165) is 11.0 Å². The van der Waals surface area contributed by atoms with E-state index < -0.39 is 0 Å². The first-order valence-electron chi connectivity index (χ1n) is 7.91. The standard InChI is InChI=1S/C18H18N4O4S/c1-24-14-8-16(26-3)15(25-2)7-11(14)9-19-22-17(23)10-4-5-12-13(6-10)21-18(27)20-12/h4-9H,1-3H3,(H,22,23)(H2,20,21,27)/b19-9-. The van der Waals surface area contributed by atoms with E-state index in [2.05, 4.69) is 20.5 Å². The van der Waals surface area contributed by atoms with Crippen LogP contribution in [0.4, 0.5) is 0 Å². The van der Waals surface area contributed by atoms with Crippen molar-refractivity contribution in [3.05, 3.63) is 46.2 Å². The molecule has 0 aliphatic rings. The van der Waals surface area contributed by atoms with Crippen molar-refractivity contribution in [1.82, 2.24) is 15.4 Å². The number of nitrogens with zero attached hydrogens (tertiary/aromatic N) is 1. The van der Waals surface area contributed by atoms with Crippen LogP contribution in [0, 0.1) is 4.77 Å². The molecule has 0 bridgehead atoms. The number of nitrogens with one attached hydrogen (secondary N) is 3. The fourth-order valence-electron chi connectivity index (χ4n) is 2.55. The second-order valence-electron chi connectivity index (χ2n) is 5.49. The Bertz CT molecular complexity index is 1070. The fourth-order valence-corrected chi connectivity index (χ4v) is 2.77. The predicted octanol–water partition coefficient (Wildman–Crippen LogP) is 3.02. The lowest BCUT2D eigenvalue weighted by molar-refractivity contribution is 0.0955. The van der Waals surface area contributed by atoms with Crippen molar-refractivity contribution in [2.24, 2.45) is 5.10 Å². The van der Waals surface area contributed by atoms with Crippen LogP contribution in [-0.4, -0.2) is 43.4 Å². The molecule has 8 nitrogen and oxygen atoms in total. The van der Waals surface area contributed by atoms with Gasteiger partial charge in [0.05, 0.1) is 38.6 Å². The van der Waals surface area contributed by atoms with Crippen molar-refractivity contribution in [2.75, 3.05) is 21.3 Å². The van der Waals surface area contributed by atoms with Crippen LogP contribution < -0.4 is 19.6 Å². The molecule has 1 heterocycles. The number of hydrogen-bond donors (Lipinski definition) is 3. The molecule has 2 aromatic carbocycles. The number of carbonyl (C=O) groups is 1. The third kappa shape index (κ3) is 3.93. The fraction of sp³-hybridized carbons (Fsp3) is 0.167. The lowest BCUT2D eigenvalue weighted by atomic mass is 10.2. The monoisotopic (exact) mass is 386 g/mol. The minimum Gasteiger partial charge on any atom is -0.496 e. The highest BCUT2D eigenvalue weighted by Crippen LogP contribution is 2.33. The second kappa shape index (κ2) is 7.92. The number of rotatable bonds is 6. The quantitative estimate of drug-likeness (QED) is 0.343. The van der Waals surface area contributed by atoms with Gasteiger partial charge < -0.3 is 24.2 Å². The average Bonchev–Trinajstić information content (AvgIpc) is 3.06. The van der Waals surface area contributed by atoms with Gasteiger partial charge in [0, 0.05) is 17.2 Å². The van der Waals surface area contributed by atoms with Crippen molar-refractivity contribution >= 4 is 35.4 Å². The first kappa shape index (κ1) is 18.5. The highest BCUT2D eigenvalue weighted by Gasteiger charge is 2.11. The minimum atomic E-state index is -0.354. The van der Waals surface area contributed by atoms with E-state index in [4.69, 9.17) is 26.4 Å². The molecule has 0 saturated heterocycles. The summed E-state index contributed by atoms with van der Waals surface area (Å²) in [5.74, 6) is 1.24. The maximum Gasteiger partial charge on any atom is 0.271 e. The van der Waals surface area contributed by atoms with Crippen molar-refractivity contribution < 1.29 is 19.0 Å². The van der Waals surface area contributed by atoms with Gasteiger partial charge >= 0.3 is 0 Å². The van der Waals surface area contributed by atoms with E-state index in [1.165, 1.54) is 20.4 Å². The third-order valence-electron chi connectivity index (χ3n) is 3.88. The molecule has 0 radical (unpaired) electrons. The number of fused-ring (bicyclic) bond motifs is 1. The molecule has 0 saturated carbocycles. The van der Waals surface area contributed by atoms with Gasteiger partial charge in [-0.1, -0.05) is 0 Å². The van der Waals surface area contributed by atoms with Crippen molar-refractivity contribution in [1.29, 1.82) is 0 Å². The van der Waals surface area contributed by atoms with Crippen LogP contribution in [0.15, 0.2) is 35.4 Å². The lowest BCUT2D eigenvalue weighted by Crippen LogP contribution is -2.17. The Morgan fingerprint density at radius 2 is 1.67 bits per heavy atom. The summed E-state index contributed by atoms with van der Waals surface area (Å²) >= 11 is 5.04. The molecular formula is C18H18N4O4S. The van der Waals surface area contributed by atoms with Crippen LogP contribution in [0.3, 0.4) is 0 Å². The smallest absolute Gasteiger partial charge is 0.271 e. The number of carbonyl (C=O) groups excluding carboxylic acids is 1. The molecule has 1 aromatic heterocycles. The first-order valence-corrected chi connectivity index (χ1v) is 8.32. The zero-order valence-electron chi connectivity index (χ0n) is 15.0. The zero-order valence-corrected chi connectivity index (χ0v) is 15.8. The summed E-state index contributed by atoms with van der Waals surface area (Å²) in [5, 5.41) is 4.00. The highest BCUT2D eigenvalue weighted by molar-refractivity contribution is 7.71. The zero-order chi connectivity index (χ0) is 19.4. The molecule has 27 heavy (non-hydrogen) atoms. The van der Waals surface area contributed by atoms with Gasteiger partial charge in [-0.2, -0.15) is 5.10 Å².